The van der Waals surface area contributed by atoms with Gasteiger partial charge < -0.3 is 29.5 Å². The molecule has 0 unspecified atom stereocenters. The summed E-state index contributed by atoms with van der Waals surface area (Å²) in [6.07, 6.45) is 7.70. The second-order valence-electron chi connectivity index (χ2n) is 10.4. The average Bonchev–Trinajstić information content (AvgIpc) is 3.83. The normalized spacial score (nSPS) is 26.4. The van der Waals surface area contributed by atoms with Gasteiger partial charge >= 0.3 is 5.97 Å². The summed E-state index contributed by atoms with van der Waals surface area (Å²) in [5, 5.41) is 11.8. The number of hydrogen-bond donors (Lipinski definition) is 2. The van der Waals surface area contributed by atoms with Crippen LogP contribution < -0.4 is 5.32 Å². The Balaban J connectivity index is 1.32. The Morgan fingerprint density at radius 3 is 2.38 bits per heavy atom. The minimum atomic E-state index is -0.686. The molecule has 5 rings (SSSR count). The van der Waals surface area contributed by atoms with E-state index in [2.05, 4.69) is 5.32 Å². The van der Waals surface area contributed by atoms with Gasteiger partial charge in [-0.15, -0.1) is 0 Å². The predicted octanol–water partition coefficient (Wildman–Crippen LogP) is 2.05. The molecule has 1 heterocycles. The van der Waals surface area contributed by atoms with E-state index in [1.165, 1.54) is 11.0 Å². The molecule has 1 saturated heterocycles. The molecule has 0 spiro atoms. The summed E-state index contributed by atoms with van der Waals surface area (Å²) >= 11 is 0. The zero-order valence-corrected chi connectivity index (χ0v) is 21.2. The Kier molecular flexibility index (Phi) is 7.20. The Morgan fingerprint density at radius 2 is 1.78 bits per heavy atom. The zero-order chi connectivity index (χ0) is 26.2. The first-order valence-corrected chi connectivity index (χ1v) is 13.0. The first-order chi connectivity index (χ1) is 17.8. The lowest BCUT2D eigenvalue weighted by atomic mass is 9.91. The molecule has 3 aliphatic carbocycles. The lowest BCUT2D eigenvalue weighted by Crippen LogP contribution is -2.44. The largest absolute Gasteiger partial charge is 0.456 e. The quantitative estimate of drug-likeness (QED) is 0.386. The van der Waals surface area contributed by atoms with Crippen molar-refractivity contribution in [2.24, 2.45) is 11.8 Å². The molecule has 3 fully saturated rings. The van der Waals surface area contributed by atoms with Crippen LogP contribution in [0.3, 0.4) is 0 Å². The number of rotatable bonds is 9. The summed E-state index contributed by atoms with van der Waals surface area (Å²) < 4.78 is 19.1. The van der Waals surface area contributed by atoms with Gasteiger partial charge in [0.15, 0.2) is 5.79 Å². The summed E-state index contributed by atoms with van der Waals surface area (Å²) in [7, 11) is 3.35. The molecule has 198 valence electrons. The van der Waals surface area contributed by atoms with Crippen LogP contribution in [-0.2, 0) is 23.8 Å². The minimum Gasteiger partial charge on any atom is -0.456 e. The topological polar surface area (TPSA) is 114 Å². The third-order valence-electron chi connectivity index (χ3n) is 7.36. The molecule has 2 amide bonds. The highest BCUT2D eigenvalue weighted by Crippen LogP contribution is 2.59. The van der Waals surface area contributed by atoms with Gasteiger partial charge in [-0.2, -0.15) is 0 Å². The number of fused-ring (bicyclic) bond motifs is 1. The highest BCUT2D eigenvalue weighted by molar-refractivity contribution is 5.94. The molecule has 0 aromatic heterocycles. The molecule has 9 nitrogen and oxygen atoms in total. The summed E-state index contributed by atoms with van der Waals surface area (Å²) in [5.74, 6) is -0.945. The van der Waals surface area contributed by atoms with E-state index in [-0.39, 0.29) is 31.4 Å². The van der Waals surface area contributed by atoms with Crippen molar-refractivity contribution in [1.82, 2.24) is 10.2 Å². The number of benzene rings is 1. The smallest absolute Gasteiger partial charge is 0.338 e. The number of carbonyl (C=O) groups is 3. The van der Waals surface area contributed by atoms with Crippen molar-refractivity contribution in [1.29, 1.82) is 0 Å². The van der Waals surface area contributed by atoms with Crippen molar-refractivity contribution in [3.8, 4) is 0 Å². The monoisotopic (exact) mass is 510 g/mol. The molecule has 3 atom stereocenters. The SMILES string of the molecule is CN(C)C(=O)C=Cc1ccc(C(=O)O[C@@H]2CC(C(=O)NCCO)=C[C@H]3OC(C4CC4)(C4CC4)O[C@H]32)cc1. The van der Waals surface area contributed by atoms with Crippen molar-refractivity contribution in [3.05, 3.63) is 53.1 Å². The van der Waals surface area contributed by atoms with Gasteiger partial charge in [0.1, 0.15) is 18.3 Å². The van der Waals surface area contributed by atoms with Crippen molar-refractivity contribution >= 4 is 23.9 Å². The summed E-state index contributed by atoms with van der Waals surface area (Å²) in [5.41, 5.74) is 1.61. The van der Waals surface area contributed by atoms with Gasteiger partial charge in [0.2, 0.25) is 11.8 Å². The van der Waals surface area contributed by atoms with E-state index >= 15 is 0 Å². The van der Waals surface area contributed by atoms with E-state index in [0.717, 1.165) is 31.2 Å². The number of aliphatic hydroxyl groups is 1. The number of esters is 1. The number of nitrogens with one attached hydrogen (secondary N) is 1. The van der Waals surface area contributed by atoms with Crippen LogP contribution in [0.25, 0.3) is 6.08 Å². The third-order valence-corrected chi connectivity index (χ3v) is 7.36. The van der Waals surface area contributed by atoms with Gasteiger partial charge in [-0.1, -0.05) is 12.1 Å². The molecule has 2 N–H and O–H groups in total. The van der Waals surface area contributed by atoms with Gasteiger partial charge in [-0.25, -0.2) is 4.79 Å². The van der Waals surface area contributed by atoms with Crippen LogP contribution in [0.4, 0.5) is 0 Å². The first kappa shape index (κ1) is 25.6. The van der Waals surface area contributed by atoms with E-state index in [1.54, 1.807) is 50.5 Å². The van der Waals surface area contributed by atoms with Crippen LogP contribution in [-0.4, -0.2) is 79.1 Å². The van der Waals surface area contributed by atoms with E-state index in [4.69, 9.17) is 19.3 Å². The first-order valence-electron chi connectivity index (χ1n) is 13.0. The molecule has 1 aliphatic heterocycles. The highest BCUT2D eigenvalue weighted by Gasteiger charge is 2.64. The Bertz CT molecular complexity index is 1090. The molecule has 0 bridgehead atoms. The molecular formula is C28H34N2O7. The van der Waals surface area contributed by atoms with Gasteiger partial charge in [0, 0.05) is 50.5 Å². The predicted molar refractivity (Wildman–Crippen MR) is 134 cm³/mol. The van der Waals surface area contributed by atoms with Gasteiger partial charge in [-0.3, -0.25) is 9.59 Å². The number of nitrogens with zero attached hydrogens (tertiary/aromatic N) is 1. The zero-order valence-electron chi connectivity index (χ0n) is 21.2. The molecule has 1 aromatic rings. The fourth-order valence-corrected chi connectivity index (χ4v) is 5.10. The molecule has 0 radical (unpaired) electrons. The summed E-state index contributed by atoms with van der Waals surface area (Å²) in [6.45, 7) is -0.0227. The summed E-state index contributed by atoms with van der Waals surface area (Å²) in [4.78, 5) is 39.1. The standard InChI is InChI=1S/C28H34N2O7/c1-30(2)24(32)12-5-17-3-6-18(7-4-17)27(34)35-22-15-19(26(33)29-13-14-31)16-23-25(22)37-28(36-23,20-8-9-20)21-10-11-21/h3-7,12,16,20-23,25,31H,8-11,13-15H2,1-2H3,(H,29,33)/t22-,23-,25+/m1/s1. The number of hydrogen-bond acceptors (Lipinski definition) is 7. The van der Waals surface area contributed by atoms with Crippen LogP contribution in [0, 0.1) is 11.8 Å². The van der Waals surface area contributed by atoms with Crippen LogP contribution in [0.15, 0.2) is 42.0 Å². The lowest BCUT2D eigenvalue weighted by Gasteiger charge is -2.31. The number of aliphatic hydroxyl groups excluding tert-OH is 1. The number of likely N-dealkylation sites (N-methyl/N-ethyl adjacent to an activating group) is 1. The molecule has 37 heavy (non-hydrogen) atoms. The van der Waals surface area contributed by atoms with Crippen LogP contribution in [0.1, 0.15) is 48.0 Å². The maximum atomic E-state index is 13.1. The second kappa shape index (κ2) is 10.4. The maximum Gasteiger partial charge on any atom is 0.338 e. The second-order valence-corrected chi connectivity index (χ2v) is 10.4. The van der Waals surface area contributed by atoms with Crippen LogP contribution in [0.2, 0.25) is 0 Å². The molecule has 2 saturated carbocycles. The highest BCUT2D eigenvalue weighted by atomic mass is 16.8. The van der Waals surface area contributed by atoms with E-state index < -0.39 is 30.1 Å². The fourth-order valence-electron chi connectivity index (χ4n) is 5.10. The van der Waals surface area contributed by atoms with Gasteiger partial charge in [-0.05, 0) is 55.5 Å². The van der Waals surface area contributed by atoms with Crippen LogP contribution >= 0.6 is 0 Å². The molecule has 1 aromatic carbocycles. The Labute approximate surface area is 216 Å². The van der Waals surface area contributed by atoms with Gasteiger partial charge in [0.05, 0.1) is 12.2 Å². The fraction of sp³-hybridized carbons (Fsp3) is 0.536. The third kappa shape index (κ3) is 5.49. The van der Waals surface area contributed by atoms with E-state index in [9.17, 15) is 14.4 Å². The van der Waals surface area contributed by atoms with Gasteiger partial charge in [0.25, 0.3) is 0 Å². The van der Waals surface area contributed by atoms with Crippen molar-refractivity contribution in [2.75, 3.05) is 27.2 Å². The Hall–Kier alpha value is -3.01. The van der Waals surface area contributed by atoms with Crippen molar-refractivity contribution in [3.63, 3.8) is 0 Å². The van der Waals surface area contributed by atoms with Crippen molar-refractivity contribution < 1.29 is 33.7 Å². The van der Waals surface area contributed by atoms with Crippen molar-refractivity contribution in [2.45, 2.75) is 56.2 Å². The molecule has 4 aliphatic rings. The molecule has 9 heteroatoms. The van der Waals surface area contributed by atoms with Crippen LogP contribution in [0.5, 0.6) is 0 Å². The average molecular weight is 511 g/mol. The Morgan fingerprint density at radius 1 is 1.11 bits per heavy atom. The molecular weight excluding hydrogens is 476 g/mol. The number of amides is 2. The minimum absolute atomic E-state index is 0.130. The lowest BCUT2D eigenvalue weighted by molar-refractivity contribution is -0.209. The number of ether oxygens (including phenoxy) is 3. The van der Waals surface area contributed by atoms with E-state index in [1.807, 2.05) is 0 Å². The number of carbonyl (C=O) groups excluding carboxylic acids is 3. The van der Waals surface area contributed by atoms with E-state index in [0.29, 0.717) is 23.0 Å². The summed E-state index contributed by atoms with van der Waals surface area (Å²) in [6, 6.07) is 6.79. The maximum absolute atomic E-state index is 13.1.